The second kappa shape index (κ2) is 13.2. The quantitative estimate of drug-likeness (QED) is 0.192. The molecule has 0 spiro atoms. The molecule has 6 nitrogen and oxygen atoms in total. The number of rotatable bonds is 11. The number of hydrogen-bond donors (Lipinski definition) is 0. The van der Waals surface area contributed by atoms with Crippen LogP contribution in [-0.4, -0.2) is 59.2 Å². The van der Waals surface area contributed by atoms with E-state index in [1.165, 1.54) is 0 Å². The average molecular weight is 597 g/mol. The molecule has 0 heterocycles. The van der Waals surface area contributed by atoms with E-state index in [0.717, 1.165) is 4.90 Å². The van der Waals surface area contributed by atoms with Crippen LogP contribution in [0.5, 0.6) is 0 Å². The standard InChI is InChI=1S/C30H52O6SSi2/c1-13-33-23(31)20-22-24(28(32)34-14-2)27(37-21-18-16-15-17-19-21)26(36-39(11,12)30(6,7)8)25(22)35-38(9,10)29(3,4)5/h15-19,22,24-27H,13-14,20H2,1-12H3/t22-,24+,25-,26+,27-/m0/s1. The van der Waals surface area contributed by atoms with E-state index >= 15 is 0 Å². The van der Waals surface area contributed by atoms with E-state index in [4.69, 9.17) is 18.3 Å². The maximum absolute atomic E-state index is 13.7. The van der Waals surface area contributed by atoms with Crippen LogP contribution in [0.4, 0.5) is 0 Å². The molecule has 1 aromatic rings. The summed E-state index contributed by atoms with van der Waals surface area (Å²) in [5, 5.41) is -0.392. The van der Waals surface area contributed by atoms with E-state index in [1.807, 2.05) is 25.1 Å². The Morgan fingerprint density at radius 2 is 1.28 bits per heavy atom. The van der Waals surface area contributed by atoms with E-state index < -0.39 is 34.6 Å². The number of hydrogen-bond acceptors (Lipinski definition) is 7. The minimum atomic E-state index is -2.33. The van der Waals surface area contributed by atoms with Crippen molar-refractivity contribution >= 4 is 40.3 Å². The van der Waals surface area contributed by atoms with Gasteiger partial charge < -0.3 is 18.3 Å². The van der Waals surface area contributed by atoms with Crippen LogP contribution >= 0.6 is 11.8 Å². The highest BCUT2D eigenvalue weighted by molar-refractivity contribution is 8.00. The highest BCUT2D eigenvalue weighted by Gasteiger charge is 2.60. The SMILES string of the molecule is CCOC(=O)C[C@@H]1[C@H](O[Si](C)(C)C(C)(C)C)[C@@H](O[Si](C)(C)C(C)(C)C)[C@@H](Sc2ccccc2)[C@@H]1C(=O)OCC. The summed E-state index contributed by atoms with van der Waals surface area (Å²) in [6, 6.07) is 10.1. The molecule has 9 heteroatoms. The van der Waals surface area contributed by atoms with Gasteiger partial charge in [-0.1, -0.05) is 59.7 Å². The van der Waals surface area contributed by atoms with Crippen molar-refractivity contribution in [3.8, 4) is 0 Å². The molecule has 0 bridgehead atoms. The lowest BCUT2D eigenvalue weighted by atomic mass is 9.91. The topological polar surface area (TPSA) is 71.1 Å². The molecule has 1 aliphatic rings. The second-order valence-electron chi connectivity index (χ2n) is 13.5. The molecule has 0 amide bonds. The maximum Gasteiger partial charge on any atom is 0.310 e. The Balaban J connectivity index is 2.76. The van der Waals surface area contributed by atoms with Gasteiger partial charge in [-0.05, 0) is 62.2 Å². The fraction of sp³-hybridized carbons (Fsp3) is 0.733. The summed E-state index contributed by atoms with van der Waals surface area (Å²) in [5.41, 5.74) is 0. The Morgan fingerprint density at radius 3 is 1.74 bits per heavy atom. The summed E-state index contributed by atoms with van der Waals surface area (Å²) in [5.74, 6) is -1.63. The molecule has 39 heavy (non-hydrogen) atoms. The first-order valence-electron chi connectivity index (χ1n) is 14.3. The lowest BCUT2D eigenvalue weighted by Gasteiger charge is -2.45. The molecule has 1 aromatic carbocycles. The van der Waals surface area contributed by atoms with Crippen LogP contribution in [0.3, 0.4) is 0 Å². The molecule has 0 unspecified atom stereocenters. The van der Waals surface area contributed by atoms with Crippen LogP contribution in [0.1, 0.15) is 61.8 Å². The summed E-state index contributed by atoms with van der Waals surface area (Å²) in [6.45, 7) is 26.4. The normalized spacial score (nSPS) is 24.5. The van der Waals surface area contributed by atoms with Crippen molar-refractivity contribution in [2.75, 3.05) is 13.2 Å². The van der Waals surface area contributed by atoms with Gasteiger partial charge in [0, 0.05) is 10.8 Å². The van der Waals surface area contributed by atoms with Crippen LogP contribution in [0.25, 0.3) is 0 Å². The Kier molecular flexibility index (Phi) is 11.6. The second-order valence-corrected chi connectivity index (χ2v) is 24.3. The zero-order valence-corrected chi connectivity index (χ0v) is 29.1. The summed E-state index contributed by atoms with van der Waals surface area (Å²) in [7, 11) is -4.63. The summed E-state index contributed by atoms with van der Waals surface area (Å²) in [4.78, 5) is 27.8. The number of carbonyl (C=O) groups excluding carboxylic acids is 2. The molecule has 2 rings (SSSR count). The first-order chi connectivity index (χ1) is 17.9. The summed E-state index contributed by atoms with van der Waals surface area (Å²) >= 11 is 1.63. The minimum absolute atomic E-state index is 0.0465. The van der Waals surface area contributed by atoms with Crippen molar-refractivity contribution in [1.82, 2.24) is 0 Å². The van der Waals surface area contributed by atoms with Gasteiger partial charge in [0.2, 0.25) is 0 Å². The van der Waals surface area contributed by atoms with Crippen LogP contribution < -0.4 is 0 Å². The van der Waals surface area contributed by atoms with Crippen LogP contribution in [0.15, 0.2) is 35.2 Å². The lowest BCUT2D eigenvalue weighted by Crippen LogP contribution is -2.53. The molecule has 5 atom stereocenters. The van der Waals surface area contributed by atoms with E-state index in [-0.39, 0.29) is 53.0 Å². The van der Waals surface area contributed by atoms with Crippen molar-refractivity contribution in [3.05, 3.63) is 30.3 Å². The predicted octanol–water partition coefficient (Wildman–Crippen LogP) is 7.69. The summed E-state index contributed by atoms with van der Waals surface area (Å²) < 4.78 is 25.4. The van der Waals surface area contributed by atoms with Gasteiger partial charge in [-0.2, -0.15) is 0 Å². The molecular formula is C30H52O6SSi2. The summed E-state index contributed by atoms with van der Waals surface area (Å²) in [6.07, 6.45) is -0.751. The zero-order valence-electron chi connectivity index (χ0n) is 26.3. The highest BCUT2D eigenvalue weighted by atomic mass is 32.2. The van der Waals surface area contributed by atoms with Gasteiger partial charge in [0.15, 0.2) is 16.6 Å². The third-order valence-electron chi connectivity index (χ3n) is 8.64. The molecule has 1 aliphatic carbocycles. The van der Waals surface area contributed by atoms with Crippen molar-refractivity contribution in [2.45, 2.75) is 120 Å². The van der Waals surface area contributed by atoms with Gasteiger partial charge in [0.05, 0.1) is 43.0 Å². The molecular weight excluding hydrogens is 545 g/mol. The Labute approximate surface area is 243 Å². The van der Waals surface area contributed by atoms with Crippen molar-refractivity contribution in [2.24, 2.45) is 11.8 Å². The first kappa shape index (κ1) is 34.1. The minimum Gasteiger partial charge on any atom is -0.466 e. The Morgan fingerprint density at radius 1 is 0.795 bits per heavy atom. The Hall–Kier alpha value is -1.14. The van der Waals surface area contributed by atoms with Gasteiger partial charge in [-0.3, -0.25) is 9.59 Å². The molecule has 222 valence electrons. The lowest BCUT2D eigenvalue weighted by molar-refractivity contribution is -0.152. The van der Waals surface area contributed by atoms with E-state index in [0.29, 0.717) is 0 Å². The number of esters is 2. The van der Waals surface area contributed by atoms with Crippen molar-refractivity contribution in [1.29, 1.82) is 0 Å². The largest absolute Gasteiger partial charge is 0.466 e. The highest BCUT2D eigenvalue weighted by Crippen LogP contribution is 2.52. The smallest absolute Gasteiger partial charge is 0.310 e. The molecule has 0 aromatic heterocycles. The van der Waals surface area contributed by atoms with Gasteiger partial charge in [-0.15, -0.1) is 11.8 Å². The van der Waals surface area contributed by atoms with Crippen LogP contribution in [0.2, 0.25) is 36.3 Å². The number of carbonyl (C=O) groups is 2. The molecule has 0 aliphatic heterocycles. The van der Waals surface area contributed by atoms with E-state index in [2.05, 4.69) is 79.9 Å². The van der Waals surface area contributed by atoms with Gasteiger partial charge in [0.25, 0.3) is 0 Å². The molecule has 1 fully saturated rings. The third kappa shape index (κ3) is 8.44. The van der Waals surface area contributed by atoms with E-state index in [9.17, 15) is 9.59 Å². The van der Waals surface area contributed by atoms with Crippen molar-refractivity contribution in [3.63, 3.8) is 0 Å². The van der Waals surface area contributed by atoms with E-state index in [1.54, 1.807) is 18.7 Å². The fourth-order valence-electron chi connectivity index (χ4n) is 4.40. The predicted molar refractivity (Wildman–Crippen MR) is 165 cm³/mol. The molecule has 0 radical (unpaired) electrons. The number of ether oxygens (including phenoxy) is 2. The number of benzene rings is 1. The monoisotopic (exact) mass is 596 g/mol. The van der Waals surface area contributed by atoms with Gasteiger partial charge in [0.1, 0.15) is 0 Å². The van der Waals surface area contributed by atoms with Gasteiger partial charge in [-0.25, -0.2) is 0 Å². The number of thioether (sulfide) groups is 1. The average Bonchev–Trinajstić information content (AvgIpc) is 3.04. The zero-order chi connectivity index (χ0) is 29.8. The van der Waals surface area contributed by atoms with Crippen LogP contribution in [-0.2, 0) is 27.9 Å². The van der Waals surface area contributed by atoms with Gasteiger partial charge >= 0.3 is 11.9 Å². The van der Waals surface area contributed by atoms with Crippen molar-refractivity contribution < 1.29 is 27.9 Å². The fourth-order valence-corrected chi connectivity index (χ4v) is 8.59. The molecule has 0 saturated heterocycles. The Bertz CT molecular complexity index is 954. The third-order valence-corrected chi connectivity index (χ3v) is 19.0. The van der Waals surface area contributed by atoms with Crippen LogP contribution in [0, 0.1) is 11.8 Å². The molecule has 0 N–H and O–H groups in total. The maximum atomic E-state index is 13.7. The molecule has 1 saturated carbocycles. The first-order valence-corrected chi connectivity index (χ1v) is 21.0.